The third-order valence-corrected chi connectivity index (χ3v) is 1.94. The third-order valence-electron chi connectivity index (χ3n) is 1.94. The van der Waals surface area contributed by atoms with Crippen LogP contribution in [-0.2, 0) is 4.74 Å². The Morgan fingerprint density at radius 1 is 1.45 bits per heavy atom. The lowest BCUT2D eigenvalue weighted by atomic mass is 9.99. The van der Waals surface area contributed by atoms with E-state index in [9.17, 15) is 10.2 Å². The minimum Gasteiger partial charge on any atom is -0.394 e. The van der Waals surface area contributed by atoms with Gasteiger partial charge in [-0.2, -0.15) is 0 Å². The van der Waals surface area contributed by atoms with Gasteiger partial charge in [-0.15, -0.1) is 0 Å². The highest BCUT2D eigenvalue weighted by atomic mass is 16.5. The van der Waals surface area contributed by atoms with Crippen LogP contribution >= 0.6 is 0 Å². The van der Waals surface area contributed by atoms with Gasteiger partial charge in [-0.3, -0.25) is 0 Å². The van der Waals surface area contributed by atoms with Gasteiger partial charge in [0.05, 0.1) is 18.8 Å². The molecule has 1 fully saturated rings. The number of aliphatic hydroxyl groups excluding tert-OH is 3. The first-order valence-electron chi connectivity index (χ1n) is 3.77. The highest BCUT2D eigenvalue weighted by molar-refractivity contribution is 4.83. The summed E-state index contributed by atoms with van der Waals surface area (Å²) in [6, 6.07) is 0. The first-order chi connectivity index (χ1) is 5.15. The number of aliphatic hydroxyl groups is 3. The first kappa shape index (κ1) is 8.93. The Bertz CT molecular complexity index is 128. The summed E-state index contributed by atoms with van der Waals surface area (Å²) in [5, 5.41) is 27.1. The molecule has 4 atom stereocenters. The fourth-order valence-corrected chi connectivity index (χ4v) is 1.31. The van der Waals surface area contributed by atoms with E-state index < -0.39 is 18.3 Å². The van der Waals surface area contributed by atoms with Crippen molar-refractivity contribution in [3.63, 3.8) is 0 Å². The molecule has 0 aliphatic carbocycles. The molecule has 0 radical (unpaired) electrons. The topological polar surface area (TPSA) is 69.9 Å². The molecule has 0 saturated carbocycles. The lowest BCUT2D eigenvalue weighted by Crippen LogP contribution is -2.49. The van der Waals surface area contributed by atoms with Gasteiger partial charge in [-0.1, -0.05) is 0 Å². The molecule has 1 rings (SSSR count). The molecule has 66 valence electrons. The molecule has 1 aliphatic rings. The third kappa shape index (κ3) is 1.90. The smallest absolute Gasteiger partial charge is 0.109 e. The van der Waals surface area contributed by atoms with Crippen LogP contribution in [0.1, 0.15) is 13.3 Å². The van der Waals surface area contributed by atoms with E-state index in [0.29, 0.717) is 6.42 Å². The van der Waals surface area contributed by atoms with Gasteiger partial charge in [0, 0.05) is 6.42 Å². The summed E-state index contributed by atoms with van der Waals surface area (Å²) in [6.07, 6.45) is -2.01. The van der Waals surface area contributed by atoms with E-state index in [-0.39, 0.29) is 12.7 Å². The van der Waals surface area contributed by atoms with E-state index in [1.54, 1.807) is 6.92 Å². The second-order valence-electron chi connectivity index (χ2n) is 2.96. The second-order valence-corrected chi connectivity index (χ2v) is 2.96. The van der Waals surface area contributed by atoms with Crippen LogP contribution in [0.25, 0.3) is 0 Å². The van der Waals surface area contributed by atoms with Crippen LogP contribution in [0.2, 0.25) is 0 Å². The Kier molecular flexibility index (Phi) is 2.84. The second kappa shape index (κ2) is 3.49. The average molecular weight is 162 g/mol. The maximum Gasteiger partial charge on any atom is 0.109 e. The molecule has 1 unspecified atom stereocenters. The maximum atomic E-state index is 9.22. The number of rotatable bonds is 1. The minimum atomic E-state index is -0.948. The number of ether oxygens (including phenoxy) is 1. The van der Waals surface area contributed by atoms with E-state index in [4.69, 9.17) is 9.84 Å². The zero-order chi connectivity index (χ0) is 8.43. The Labute approximate surface area is 65.4 Å². The maximum absolute atomic E-state index is 9.22. The van der Waals surface area contributed by atoms with Crippen molar-refractivity contribution < 1.29 is 20.1 Å². The van der Waals surface area contributed by atoms with Crippen molar-refractivity contribution in [3.8, 4) is 0 Å². The van der Waals surface area contributed by atoms with Gasteiger partial charge in [-0.25, -0.2) is 0 Å². The summed E-state index contributed by atoms with van der Waals surface area (Å²) in [6.45, 7) is 1.56. The highest BCUT2D eigenvalue weighted by Crippen LogP contribution is 2.19. The summed E-state index contributed by atoms with van der Waals surface area (Å²) in [7, 11) is 0. The molecule has 0 aromatic rings. The van der Waals surface area contributed by atoms with Crippen LogP contribution < -0.4 is 0 Å². The summed E-state index contributed by atoms with van der Waals surface area (Å²) < 4.78 is 5.16. The SMILES string of the molecule is CC1C[C@@H](O)[C@@H](O)[C@@H](CO)O1. The molecule has 0 spiro atoms. The van der Waals surface area contributed by atoms with Gasteiger partial charge >= 0.3 is 0 Å². The normalized spacial score (nSPS) is 45.8. The van der Waals surface area contributed by atoms with Crippen molar-refractivity contribution in [2.75, 3.05) is 6.61 Å². The molecule has 4 heteroatoms. The Hall–Kier alpha value is -0.160. The molecule has 11 heavy (non-hydrogen) atoms. The van der Waals surface area contributed by atoms with Crippen molar-refractivity contribution in [1.29, 1.82) is 0 Å². The lowest BCUT2D eigenvalue weighted by Gasteiger charge is -2.34. The minimum absolute atomic E-state index is 0.0921. The van der Waals surface area contributed by atoms with Crippen LogP contribution in [0.3, 0.4) is 0 Å². The molecule has 3 N–H and O–H groups in total. The lowest BCUT2D eigenvalue weighted by molar-refractivity contribution is -0.174. The van der Waals surface area contributed by atoms with Crippen molar-refractivity contribution in [3.05, 3.63) is 0 Å². The molecule has 0 aromatic heterocycles. The molecule has 1 aliphatic heterocycles. The van der Waals surface area contributed by atoms with E-state index in [2.05, 4.69) is 0 Å². The van der Waals surface area contributed by atoms with E-state index in [1.165, 1.54) is 0 Å². The van der Waals surface area contributed by atoms with Gasteiger partial charge in [0.2, 0.25) is 0 Å². The Morgan fingerprint density at radius 2 is 2.09 bits per heavy atom. The standard InChI is InChI=1S/C7H14O4/c1-4-2-5(9)7(10)6(3-8)11-4/h4-10H,2-3H2,1H3/t4?,5-,6-,7-/m1/s1. The van der Waals surface area contributed by atoms with Gasteiger partial charge in [-0.05, 0) is 6.92 Å². The van der Waals surface area contributed by atoms with Crippen molar-refractivity contribution in [2.45, 2.75) is 37.8 Å². The molecule has 4 nitrogen and oxygen atoms in total. The zero-order valence-electron chi connectivity index (χ0n) is 6.47. The largest absolute Gasteiger partial charge is 0.394 e. The molecule has 0 bridgehead atoms. The first-order valence-corrected chi connectivity index (χ1v) is 3.77. The quantitative estimate of drug-likeness (QED) is 0.456. The van der Waals surface area contributed by atoms with E-state index >= 15 is 0 Å². The summed E-state index contributed by atoms with van der Waals surface area (Å²) >= 11 is 0. The zero-order valence-corrected chi connectivity index (χ0v) is 6.47. The van der Waals surface area contributed by atoms with Crippen LogP contribution in [0.4, 0.5) is 0 Å². The van der Waals surface area contributed by atoms with Crippen LogP contribution in [0, 0.1) is 0 Å². The van der Waals surface area contributed by atoms with E-state index in [1.807, 2.05) is 0 Å². The fourth-order valence-electron chi connectivity index (χ4n) is 1.31. The fraction of sp³-hybridized carbons (Fsp3) is 1.00. The van der Waals surface area contributed by atoms with Crippen molar-refractivity contribution in [1.82, 2.24) is 0 Å². The molecule has 0 aromatic carbocycles. The van der Waals surface area contributed by atoms with Crippen molar-refractivity contribution >= 4 is 0 Å². The summed E-state index contributed by atoms with van der Waals surface area (Å²) in [4.78, 5) is 0. The summed E-state index contributed by atoms with van der Waals surface area (Å²) in [5.41, 5.74) is 0. The van der Waals surface area contributed by atoms with Gasteiger partial charge < -0.3 is 20.1 Å². The molecular weight excluding hydrogens is 148 g/mol. The summed E-state index contributed by atoms with van der Waals surface area (Å²) in [5.74, 6) is 0. The van der Waals surface area contributed by atoms with Gasteiger partial charge in [0.1, 0.15) is 12.2 Å². The van der Waals surface area contributed by atoms with Crippen LogP contribution in [0.15, 0.2) is 0 Å². The Balaban J connectivity index is 2.51. The average Bonchev–Trinajstić information content (AvgIpc) is 1.96. The van der Waals surface area contributed by atoms with Crippen LogP contribution in [-0.4, -0.2) is 46.3 Å². The van der Waals surface area contributed by atoms with Gasteiger partial charge in [0.15, 0.2) is 0 Å². The highest BCUT2D eigenvalue weighted by Gasteiger charge is 2.34. The predicted octanol–water partition coefficient (Wildman–Crippen LogP) is -1.12. The monoisotopic (exact) mass is 162 g/mol. The number of hydrogen-bond donors (Lipinski definition) is 3. The molecule has 0 amide bonds. The molecule has 1 heterocycles. The molecular formula is C7H14O4. The van der Waals surface area contributed by atoms with Crippen LogP contribution in [0.5, 0.6) is 0 Å². The van der Waals surface area contributed by atoms with Gasteiger partial charge in [0.25, 0.3) is 0 Å². The Morgan fingerprint density at radius 3 is 2.64 bits per heavy atom. The predicted molar refractivity (Wildman–Crippen MR) is 38.1 cm³/mol. The van der Waals surface area contributed by atoms with E-state index in [0.717, 1.165) is 0 Å². The molecule has 1 saturated heterocycles. The van der Waals surface area contributed by atoms with Crippen molar-refractivity contribution in [2.24, 2.45) is 0 Å². The number of hydrogen-bond acceptors (Lipinski definition) is 4.